The lowest BCUT2D eigenvalue weighted by Crippen LogP contribution is -2.53. The fourth-order valence-corrected chi connectivity index (χ4v) is 5.30. The SMILES string of the molecule is C=C/C=C/CCCCCCC(CCCCCCC)C(O)(C[N+](C)(C)C)P(=O)(O)O. The topological polar surface area (TPSA) is 77.8 Å². The first kappa shape index (κ1) is 28.5. The first-order valence-electron chi connectivity index (χ1n) is 11.3. The number of rotatable bonds is 18. The molecule has 0 aliphatic heterocycles. The third kappa shape index (κ3) is 12.8. The van der Waals surface area contributed by atoms with Crippen LogP contribution in [0.2, 0.25) is 0 Å². The molecule has 0 aliphatic rings. The van der Waals surface area contributed by atoms with Crippen LogP contribution in [0.5, 0.6) is 0 Å². The third-order valence-electron chi connectivity index (χ3n) is 5.47. The molecule has 5 nitrogen and oxygen atoms in total. The smallest absolute Gasteiger partial charge is 0.363 e. The molecule has 0 heterocycles. The standard InChI is InChI=1S/C23H46NO4P/c1-6-8-10-12-13-14-16-18-20-22(19-17-15-11-9-7-2)23(25,29(26,27)28)21-24(3,4)5/h6,8,10,22,25H,1,7,9,11-21H2,2-5H3,(H-,26,27,28)/p+1/b10-8+. The van der Waals surface area contributed by atoms with Crippen LogP contribution in [0.25, 0.3) is 0 Å². The van der Waals surface area contributed by atoms with Crippen molar-refractivity contribution in [2.75, 3.05) is 27.7 Å². The predicted molar refractivity (Wildman–Crippen MR) is 124 cm³/mol. The number of likely N-dealkylation sites (N-methyl/N-ethyl adjacent to an activating group) is 1. The van der Waals surface area contributed by atoms with Crippen molar-refractivity contribution >= 4 is 7.60 Å². The zero-order chi connectivity index (χ0) is 22.4. The second kappa shape index (κ2) is 14.5. The Morgan fingerprint density at radius 3 is 1.93 bits per heavy atom. The van der Waals surface area contributed by atoms with E-state index in [2.05, 4.69) is 19.6 Å². The normalized spacial score (nSPS) is 16.1. The molecule has 0 fully saturated rings. The lowest BCUT2D eigenvalue weighted by atomic mass is 9.88. The molecule has 29 heavy (non-hydrogen) atoms. The summed E-state index contributed by atoms with van der Waals surface area (Å²) in [5, 5.41) is 9.29. The van der Waals surface area contributed by atoms with E-state index in [-0.39, 0.29) is 12.5 Å². The molecule has 0 aliphatic carbocycles. The minimum absolute atomic E-state index is 0.0588. The summed E-state index contributed by atoms with van der Waals surface area (Å²) in [5.41, 5.74) is 0. The van der Waals surface area contributed by atoms with Crippen molar-refractivity contribution in [1.29, 1.82) is 0 Å². The van der Waals surface area contributed by atoms with E-state index in [1.165, 1.54) is 12.8 Å². The van der Waals surface area contributed by atoms with Gasteiger partial charge in [-0.05, 0) is 25.7 Å². The average Bonchev–Trinajstić information content (AvgIpc) is 2.59. The summed E-state index contributed by atoms with van der Waals surface area (Å²) in [5.74, 6) is -0.372. The molecule has 0 bridgehead atoms. The summed E-state index contributed by atoms with van der Waals surface area (Å²) in [6, 6.07) is 0. The van der Waals surface area contributed by atoms with Crippen LogP contribution in [-0.4, -0.2) is 52.4 Å². The number of nitrogens with zero attached hydrogens (tertiary/aromatic N) is 1. The number of hydrogen-bond donors (Lipinski definition) is 3. The largest absolute Gasteiger partial charge is 0.373 e. The minimum atomic E-state index is -4.65. The lowest BCUT2D eigenvalue weighted by Gasteiger charge is -2.40. The van der Waals surface area contributed by atoms with Crippen molar-refractivity contribution in [3.8, 4) is 0 Å². The van der Waals surface area contributed by atoms with Gasteiger partial charge in [-0.1, -0.05) is 83.1 Å². The van der Waals surface area contributed by atoms with E-state index in [0.717, 1.165) is 51.4 Å². The van der Waals surface area contributed by atoms with Crippen molar-refractivity contribution in [2.45, 2.75) is 89.3 Å². The van der Waals surface area contributed by atoms with E-state index in [9.17, 15) is 19.5 Å². The third-order valence-corrected chi connectivity index (χ3v) is 6.98. The molecular formula is C23H47NO4P+. The van der Waals surface area contributed by atoms with Gasteiger partial charge in [-0.2, -0.15) is 0 Å². The van der Waals surface area contributed by atoms with Gasteiger partial charge >= 0.3 is 7.60 Å². The maximum atomic E-state index is 12.4. The van der Waals surface area contributed by atoms with Gasteiger partial charge in [-0.15, -0.1) is 0 Å². The van der Waals surface area contributed by atoms with Gasteiger partial charge in [-0.3, -0.25) is 4.57 Å². The van der Waals surface area contributed by atoms with Crippen LogP contribution in [0.4, 0.5) is 0 Å². The Kier molecular flexibility index (Phi) is 14.3. The molecule has 0 spiro atoms. The molecule has 172 valence electrons. The highest BCUT2D eigenvalue weighted by molar-refractivity contribution is 7.53. The van der Waals surface area contributed by atoms with Crippen LogP contribution in [0.3, 0.4) is 0 Å². The first-order valence-corrected chi connectivity index (χ1v) is 12.9. The molecule has 0 amide bonds. The number of aliphatic hydroxyl groups is 1. The van der Waals surface area contributed by atoms with E-state index in [1.807, 2.05) is 27.2 Å². The molecule has 0 radical (unpaired) electrons. The molecule has 2 atom stereocenters. The van der Waals surface area contributed by atoms with Crippen molar-refractivity contribution < 1.29 is 23.9 Å². The maximum Gasteiger partial charge on any atom is 0.363 e. The van der Waals surface area contributed by atoms with E-state index in [4.69, 9.17) is 0 Å². The van der Waals surface area contributed by atoms with Crippen LogP contribution < -0.4 is 0 Å². The molecule has 0 saturated heterocycles. The zero-order valence-electron chi connectivity index (χ0n) is 19.4. The van der Waals surface area contributed by atoms with Gasteiger partial charge in [0.15, 0.2) is 0 Å². The molecule has 0 rings (SSSR count). The van der Waals surface area contributed by atoms with Gasteiger partial charge < -0.3 is 19.4 Å². The van der Waals surface area contributed by atoms with E-state index in [1.54, 1.807) is 6.08 Å². The van der Waals surface area contributed by atoms with E-state index in [0.29, 0.717) is 17.3 Å². The predicted octanol–water partition coefficient (Wildman–Crippen LogP) is 5.62. The number of allylic oxidation sites excluding steroid dienone is 3. The van der Waals surface area contributed by atoms with Gasteiger partial charge in [-0.25, -0.2) is 0 Å². The Bertz CT molecular complexity index is 509. The lowest BCUT2D eigenvalue weighted by molar-refractivity contribution is -0.875. The summed E-state index contributed by atoms with van der Waals surface area (Å²) >= 11 is 0. The number of unbranched alkanes of at least 4 members (excludes halogenated alkanes) is 8. The Labute approximate surface area is 179 Å². The summed E-state index contributed by atoms with van der Waals surface area (Å²) in [6.45, 7) is 5.89. The summed E-state index contributed by atoms with van der Waals surface area (Å²) in [6.07, 6.45) is 17.8. The molecule has 0 aromatic heterocycles. The minimum Gasteiger partial charge on any atom is -0.373 e. The number of quaternary nitrogens is 1. The van der Waals surface area contributed by atoms with Crippen LogP contribution in [-0.2, 0) is 4.57 Å². The Hall–Kier alpha value is -0.450. The molecule has 0 saturated carbocycles. The van der Waals surface area contributed by atoms with Gasteiger partial charge in [0.2, 0.25) is 5.34 Å². The monoisotopic (exact) mass is 432 g/mol. The van der Waals surface area contributed by atoms with Crippen LogP contribution in [0, 0.1) is 5.92 Å². The van der Waals surface area contributed by atoms with Crippen molar-refractivity contribution in [3.63, 3.8) is 0 Å². The van der Waals surface area contributed by atoms with Gasteiger partial charge in [0.25, 0.3) is 0 Å². The molecule has 6 heteroatoms. The molecule has 0 aromatic carbocycles. The Morgan fingerprint density at radius 2 is 1.48 bits per heavy atom. The average molecular weight is 433 g/mol. The fourth-order valence-electron chi connectivity index (χ4n) is 3.96. The van der Waals surface area contributed by atoms with Crippen molar-refractivity contribution in [1.82, 2.24) is 0 Å². The summed E-state index contributed by atoms with van der Waals surface area (Å²) in [4.78, 5) is 20.1. The van der Waals surface area contributed by atoms with E-state index < -0.39 is 12.9 Å². The fraction of sp³-hybridized carbons (Fsp3) is 0.826. The molecule has 3 N–H and O–H groups in total. The molecular weight excluding hydrogens is 385 g/mol. The second-order valence-corrected chi connectivity index (χ2v) is 11.3. The summed E-state index contributed by atoms with van der Waals surface area (Å²) in [7, 11) is 0.958. The highest BCUT2D eigenvalue weighted by Gasteiger charge is 2.54. The molecule has 0 aromatic rings. The van der Waals surface area contributed by atoms with Gasteiger partial charge in [0.1, 0.15) is 6.54 Å². The first-order chi connectivity index (χ1) is 13.5. The van der Waals surface area contributed by atoms with Crippen molar-refractivity contribution in [3.05, 3.63) is 24.8 Å². The number of hydrogen-bond acceptors (Lipinski definition) is 2. The zero-order valence-corrected chi connectivity index (χ0v) is 20.2. The van der Waals surface area contributed by atoms with Crippen LogP contribution in [0.1, 0.15) is 84.0 Å². The maximum absolute atomic E-state index is 12.4. The molecule has 2 unspecified atom stereocenters. The van der Waals surface area contributed by atoms with Crippen LogP contribution in [0.15, 0.2) is 24.8 Å². The van der Waals surface area contributed by atoms with Crippen molar-refractivity contribution in [2.24, 2.45) is 5.92 Å². The highest BCUT2D eigenvalue weighted by atomic mass is 31.2. The summed E-state index contributed by atoms with van der Waals surface area (Å²) < 4.78 is 12.7. The van der Waals surface area contributed by atoms with Crippen LogP contribution >= 0.6 is 7.60 Å². The van der Waals surface area contributed by atoms with Gasteiger partial charge in [0.05, 0.1) is 21.1 Å². The highest BCUT2D eigenvalue weighted by Crippen LogP contribution is 2.55. The second-order valence-electron chi connectivity index (χ2n) is 9.43. The van der Waals surface area contributed by atoms with Gasteiger partial charge in [0, 0.05) is 5.92 Å². The Balaban J connectivity index is 4.96. The Morgan fingerprint density at radius 1 is 0.966 bits per heavy atom. The van der Waals surface area contributed by atoms with E-state index >= 15 is 0 Å². The quantitative estimate of drug-likeness (QED) is 0.114.